The Morgan fingerprint density at radius 2 is 2.56 bits per heavy atom. The minimum absolute atomic E-state index is 0.171. The highest BCUT2D eigenvalue weighted by Gasteiger charge is 2.23. The van der Waals surface area contributed by atoms with Crippen molar-refractivity contribution in [2.75, 3.05) is 33.3 Å². The summed E-state index contributed by atoms with van der Waals surface area (Å²) >= 11 is 1.71. The number of nitrogens with one attached hydrogen (secondary N) is 1. The Balaban J connectivity index is 1.99. The van der Waals surface area contributed by atoms with E-state index >= 15 is 0 Å². The number of ether oxygens (including phenoxy) is 1. The molecule has 1 aromatic rings. The van der Waals surface area contributed by atoms with Crippen LogP contribution in [0.5, 0.6) is 0 Å². The zero-order chi connectivity index (χ0) is 11.4. The normalized spacial score (nSPS) is 22.5. The highest BCUT2D eigenvalue weighted by Crippen LogP contribution is 2.25. The summed E-state index contributed by atoms with van der Waals surface area (Å²) in [5.74, 6) is 0. The smallest absolute Gasteiger partial charge is 0.123 e. The van der Waals surface area contributed by atoms with E-state index in [-0.39, 0.29) is 6.10 Å². The third-order valence-corrected chi connectivity index (χ3v) is 3.79. The van der Waals surface area contributed by atoms with E-state index in [1.54, 1.807) is 11.3 Å². The van der Waals surface area contributed by atoms with Crippen molar-refractivity contribution in [1.82, 2.24) is 15.2 Å². The fraction of sp³-hybridized carbons (Fsp3) is 0.727. The average molecular weight is 241 g/mol. The van der Waals surface area contributed by atoms with Gasteiger partial charge in [-0.05, 0) is 13.6 Å². The van der Waals surface area contributed by atoms with Gasteiger partial charge >= 0.3 is 0 Å². The molecule has 1 fully saturated rings. The van der Waals surface area contributed by atoms with Crippen LogP contribution in [-0.4, -0.2) is 43.2 Å². The maximum absolute atomic E-state index is 5.77. The second kappa shape index (κ2) is 5.72. The predicted octanol–water partition coefficient (Wildman–Crippen LogP) is 1.26. The van der Waals surface area contributed by atoms with Gasteiger partial charge in [0.15, 0.2) is 0 Å². The summed E-state index contributed by atoms with van der Waals surface area (Å²) in [6, 6.07) is 0. The van der Waals surface area contributed by atoms with Gasteiger partial charge in [0.05, 0.1) is 12.3 Å². The maximum atomic E-state index is 5.77. The molecule has 0 aromatic carbocycles. The van der Waals surface area contributed by atoms with Crippen LogP contribution in [0, 0.1) is 0 Å². The number of likely N-dealkylation sites (N-methyl/N-ethyl adjacent to an activating group) is 1. The molecule has 2 heterocycles. The summed E-state index contributed by atoms with van der Waals surface area (Å²) in [5, 5.41) is 6.34. The minimum atomic E-state index is 0.171. The van der Waals surface area contributed by atoms with Gasteiger partial charge in [0.1, 0.15) is 11.1 Å². The van der Waals surface area contributed by atoms with Gasteiger partial charge in [-0.25, -0.2) is 4.98 Å². The molecule has 0 radical (unpaired) electrons. The molecule has 0 aliphatic carbocycles. The standard InChI is InChI=1S/C11H19N3OS/c1-3-14-4-5-15-10(7-14)11-13-9(6-12-2)8-16-11/h8,10,12H,3-7H2,1-2H3. The molecule has 1 aliphatic heterocycles. The molecule has 1 N–H and O–H groups in total. The molecule has 0 saturated carbocycles. The van der Waals surface area contributed by atoms with Gasteiger partial charge in [0.2, 0.25) is 0 Å². The van der Waals surface area contributed by atoms with Gasteiger partial charge in [-0.2, -0.15) is 0 Å². The topological polar surface area (TPSA) is 37.4 Å². The van der Waals surface area contributed by atoms with Crippen LogP contribution in [0.1, 0.15) is 23.7 Å². The molecule has 0 spiro atoms. The first-order chi connectivity index (χ1) is 7.83. The Morgan fingerprint density at radius 3 is 3.31 bits per heavy atom. The molecule has 0 amide bonds. The van der Waals surface area contributed by atoms with Crippen LogP contribution < -0.4 is 5.32 Å². The molecule has 1 aliphatic rings. The maximum Gasteiger partial charge on any atom is 0.123 e. The van der Waals surface area contributed by atoms with Crippen molar-refractivity contribution in [1.29, 1.82) is 0 Å². The molecular formula is C11H19N3OS. The molecular weight excluding hydrogens is 222 g/mol. The highest BCUT2D eigenvalue weighted by molar-refractivity contribution is 7.09. The first-order valence-electron chi connectivity index (χ1n) is 5.76. The van der Waals surface area contributed by atoms with Crippen molar-refractivity contribution in [2.24, 2.45) is 0 Å². The molecule has 4 nitrogen and oxygen atoms in total. The molecule has 1 saturated heterocycles. The predicted molar refractivity (Wildman–Crippen MR) is 65.7 cm³/mol. The largest absolute Gasteiger partial charge is 0.368 e. The molecule has 5 heteroatoms. The fourth-order valence-electron chi connectivity index (χ4n) is 1.87. The van der Waals surface area contributed by atoms with Crippen LogP contribution in [-0.2, 0) is 11.3 Å². The first-order valence-corrected chi connectivity index (χ1v) is 6.64. The summed E-state index contributed by atoms with van der Waals surface area (Å²) in [5.41, 5.74) is 1.11. The quantitative estimate of drug-likeness (QED) is 0.861. The van der Waals surface area contributed by atoms with Crippen molar-refractivity contribution in [3.8, 4) is 0 Å². The minimum Gasteiger partial charge on any atom is -0.368 e. The molecule has 1 aromatic heterocycles. The van der Waals surface area contributed by atoms with Gasteiger partial charge in [-0.3, -0.25) is 4.90 Å². The third-order valence-electron chi connectivity index (χ3n) is 2.80. The van der Waals surface area contributed by atoms with Crippen LogP contribution in [0.2, 0.25) is 0 Å². The lowest BCUT2D eigenvalue weighted by molar-refractivity contribution is -0.0283. The van der Waals surface area contributed by atoms with E-state index in [1.165, 1.54) is 0 Å². The lowest BCUT2D eigenvalue weighted by Gasteiger charge is -2.30. The van der Waals surface area contributed by atoms with Crippen LogP contribution >= 0.6 is 11.3 Å². The Labute approximate surface area is 101 Å². The van der Waals surface area contributed by atoms with Crippen LogP contribution in [0.25, 0.3) is 0 Å². The van der Waals surface area contributed by atoms with E-state index in [0.29, 0.717) is 0 Å². The number of nitrogens with zero attached hydrogens (tertiary/aromatic N) is 2. The van der Waals surface area contributed by atoms with E-state index in [9.17, 15) is 0 Å². The summed E-state index contributed by atoms with van der Waals surface area (Å²) in [6.07, 6.45) is 0.171. The summed E-state index contributed by atoms with van der Waals surface area (Å²) in [4.78, 5) is 7.01. The second-order valence-electron chi connectivity index (χ2n) is 3.96. The Bertz CT molecular complexity index is 329. The Hall–Kier alpha value is -0.490. The number of aromatic nitrogens is 1. The first kappa shape index (κ1) is 12.0. The number of morpholine rings is 1. The monoisotopic (exact) mass is 241 g/mol. The van der Waals surface area contributed by atoms with Gasteiger partial charge in [0.25, 0.3) is 0 Å². The van der Waals surface area contributed by atoms with Crippen molar-refractivity contribution < 1.29 is 4.74 Å². The van der Waals surface area contributed by atoms with Gasteiger partial charge in [0, 0.05) is 25.0 Å². The van der Waals surface area contributed by atoms with Crippen molar-refractivity contribution in [2.45, 2.75) is 19.6 Å². The molecule has 1 unspecified atom stereocenters. The molecule has 2 rings (SSSR count). The third kappa shape index (κ3) is 2.79. The SMILES string of the molecule is CCN1CCOC(c2nc(CNC)cs2)C1. The van der Waals surface area contributed by atoms with E-state index in [0.717, 1.165) is 43.5 Å². The van der Waals surface area contributed by atoms with Gasteiger partial charge < -0.3 is 10.1 Å². The van der Waals surface area contributed by atoms with E-state index in [4.69, 9.17) is 4.74 Å². The van der Waals surface area contributed by atoms with Crippen molar-refractivity contribution in [3.05, 3.63) is 16.1 Å². The number of hydrogen-bond donors (Lipinski definition) is 1. The van der Waals surface area contributed by atoms with E-state index in [1.807, 2.05) is 7.05 Å². The molecule has 16 heavy (non-hydrogen) atoms. The van der Waals surface area contributed by atoms with Gasteiger partial charge in [-0.1, -0.05) is 6.92 Å². The molecule has 90 valence electrons. The summed E-state index contributed by atoms with van der Waals surface area (Å²) in [6.45, 7) is 6.95. The Morgan fingerprint density at radius 1 is 1.69 bits per heavy atom. The highest BCUT2D eigenvalue weighted by atomic mass is 32.1. The molecule has 1 atom stereocenters. The zero-order valence-electron chi connectivity index (χ0n) is 9.90. The lowest BCUT2D eigenvalue weighted by atomic mass is 10.3. The fourth-order valence-corrected chi connectivity index (χ4v) is 2.73. The van der Waals surface area contributed by atoms with Crippen molar-refractivity contribution in [3.63, 3.8) is 0 Å². The van der Waals surface area contributed by atoms with Crippen LogP contribution in [0.15, 0.2) is 5.38 Å². The van der Waals surface area contributed by atoms with E-state index < -0.39 is 0 Å². The number of hydrogen-bond acceptors (Lipinski definition) is 5. The van der Waals surface area contributed by atoms with Crippen LogP contribution in [0.4, 0.5) is 0 Å². The number of thiazole rings is 1. The molecule has 0 bridgehead atoms. The number of rotatable bonds is 4. The van der Waals surface area contributed by atoms with E-state index in [2.05, 4.69) is 27.5 Å². The zero-order valence-corrected chi connectivity index (χ0v) is 10.7. The van der Waals surface area contributed by atoms with Gasteiger partial charge in [-0.15, -0.1) is 11.3 Å². The van der Waals surface area contributed by atoms with Crippen molar-refractivity contribution >= 4 is 11.3 Å². The summed E-state index contributed by atoms with van der Waals surface area (Å²) in [7, 11) is 1.94. The Kier molecular flexibility index (Phi) is 4.29. The summed E-state index contributed by atoms with van der Waals surface area (Å²) < 4.78 is 5.77. The average Bonchev–Trinajstić information content (AvgIpc) is 2.78. The second-order valence-corrected chi connectivity index (χ2v) is 4.85. The lowest BCUT2D eigenvalue weighted by Crippen LogP contribution is -2.38. The van der Waals surface area contributed by atoms with Crippen LogP contribution in [0.3, 0.4) is 0 Å².